The van der Waals surface area contributed by atoms with Gasteiger partial charge in [0.25, 0.3) is 0 Å². The Hall–Kier alpha value is -1.62. The van der Waals surface area contributed by atoms with E-state index in [0.29, 0.717) is 11.8 Å². The van der Waals surface area contributed by atoms with Gasteiger partial charge in [0.2, 0.25) is 5.91 Å². The minimum absolute atomic E-state index is 0.332. The van der Waals surface area contributed by atoms with Crippen LogP contribution in [0.1, 0.15) is 19.3 Å². The highest BCUT2D eigenvalue weighted by Crippen LogP contribution is 2.32. The van der Waals surface area contributed by atoms with Crippen LogP contribution >= 0.6 is 11.3 Å². The van der Waals surface area contributed by atoms with Gasteiger partial charge >= 0.3 is 0 Å². The summed E-state index contributed by atoms with van der Waals surface area (Å²) in [6, 6.07) is 8.28. The second-order valence-corrected chi connectivity index (χ2v) is 6.91. The summed E-state index contributed by atoms with van der Waals surface area (Å²) in [4.78, 5) is 21.3. The first kappa shape index (κ1) is 13.1. The van der Waals surface area contributed by atoms with Gasteiger partial charge in [0.15, 0.2) is 5.13 Å². The van der Waals surface area contributed by atoms with Gasteiger partial charge in [0.1, 0.15) is 0 Å². The summed E-state index contributed by atoms with van der Waals surface area (Å²) in [6.45, 7) is 3.63. The van der Waals surface area contributed by atoms with Crippen molar-refractivity contribution in [2.24, 2.45) is 5.92 Å². The highest BCUT2D eigenvalue weighted by atomic mass is 32.1. The Bertz CT molecular complexity index is 631. The quantitative estimate of drug-likeness (QED) is 0.856. The number of rotatable bonds is 2. The van der Waals surface area contributed by atoms with Gasteiger partial charge in [-0.05, 0) is 31.4 Å². The molecule has 1 saturated heterocycles. The third-order valence-corrected chi connectivity index (χ3v) is 5.38. The number of hydrogen-bond donors (Lipinski definition) is 0. The Labute approximate surface area is 128 Å². The smallest absolute Gasteiger partial charge is 0.225 e. The molecular weight excluding hydrogens is 282 g/mol. The highest BCUT2D eigenvalue weighted by molar-refractivity contribution is 7.22. The Morgan fingerprint density at radius 1 is 1.14 bits per heavy atom. The predicted octanol–water partition coefficient (Wildman–Crippen LogP) is 2.75. The van der Waals surface area contributed by atoms with Crippen molar-refractivity contribution in [2.45, 2.75) is 19.3 Å². The van der Waals surface area contributed by atoms with E-state index >= 15 is 0 Å². The van der Waals surface area contributed by atoms with E-state index in [2.05, 4.69) is 28.0 Å². The second-order valence-electron chi connectivity index (χ2n) is 5.90. The van der Waals surface area contributed by atoms with Gasteiger partial charge in [0.05, 0.1) is 10.2 Å². The lowest BCUT2D eigenvalue weighted by molar-refractivity contribution is -0.132. The number of carbonyl (C=O) groups is 1. The molecule has 1 amide bonds. The van der Waals surface area contributed by atoms with Crippen LogP contribution in [-0.2, 0) is 4.79 Å². The van der Waals surface area contributed by atoms with Crippen molar-refractivity contribution in [3.63, 3.8) is 0 Å². The molecule has 0 atom stereocenters. The average Bonchev–Trinajstić information content (AvgIpc) is 3.29. The van der Waals surface area contributed by atoms with Crippen LogP contribution < -0.4 is 4.90 Å². The summed E-state index contributed by atoms with van der Waals surface area (Å²) in [5, 5.41) is 1.09. The van der Waals surface area contributed by atoms with Crippen molar-refractivity contribution in [3.05, 3.63) is 24.3 Å². The number of benzene rings is 1. The number of fused-ring (bicyclic) bond motifs is 1. The Morgan fingerprint density at radius 2 is 2.00 bits per heavy atom. The molecule has 1 aliphatic heterocycles. The Kier molecular flexibility index (Phi) is 3.30. The van der Waals surface area contributed by atoms with E-state index in [1.807, 2.05) is 6.07 Å². The number of anilines is 1. The summed E-state index contributed by atoms with van der Waals surface area (Å²) < 4.78 is 1.24. The van der Waals surface area contributed by atoms with Crippen molar-refractivity contribution in [1.82, 2.24) is 9.88 Å². The normalized spacial score (nSPS) is 19.8. The molecule has 0 unspecified atom stereocenters. The molecule has 2 heterocycles. The molecule has 21 heavy (non-hydrogen) atoms. The van der Waals surface area contributed by atoms with Crippen molar-refractivity contribution in [1.29, 1.82) is 0 Å². The largest absolute Gasteiger partial charge is 0.346 e. The van der Waals surface area contributed by atoms with Gasteiger partial charge in [-0.1, -0.05) is 23.5 Å². The number of amides is 1. The predicted molar refractivity (Wildman–Crippen MR) is 85.8 cm³/mol. The first-order valence-corrected chi connectivity index (χ1v) is 8.52. The number of thiazole rings is 1. The minimum Gasteiger partial charge on any atom is -0.346 e. The lowest BCUT2D eigenvalue weighted by Crippen LogP contribution is -2.36. The van der Waals surface area contributed by atoms with E-state index in [1.54, 1.807) is 11.3 Å². The Balaban J connectivity index is 1.49. The SMILES string of the molecule is O=C(C1CC1)N1CCCN(c2nc3ccccc3s2)CC1. The molecule has 110 valence electrons. The highest BCUT2D eigenvalue weighted by Gasteiger charge is 2.34. The zero-order valence-corrected chi connectivity index (χ0v) is 12.8. The molecule has 0 radical (unpaired) electrons. The van der Waals surface area contributed by atoms with Gasteiger partial charge in [0, 0.05) is 32.1 Å². The lowest BCUT2D eigenvalue weighted by Gasteiger charge is -2.21. The summed E-state index contributed by atoms with van der Waals surface area (Å²) >= 11 is 1.75. The van der Waals surface area contributed by atoms with Gasteiger partial charge < -0.3 is 9.80 Å². The summed E-state index contributed by atoms with van der Waals surface area (Å²) in [5.74, 6) is 0.708. The van der Waals surface area contributed by atoms with Crippen LogP contribution in [0.5, 0.6) is 0 Å². The van der Waals surface area contributed by atoms with Crippen LogP contribution in [0.2, 0.25) is 0 Å². The van der Waals surface area contributed by atoms with Crippen LogP contribution in [0.15, 0.2) is 24.3 Å². The minimum atomic E-state index is 0.332. The van der Waals surface area contributed by atoms with Crippen molar-refractivity contribution >= 4 is 32.6 Å². The van der Waals surface area contributed by atoms with Gasteiger partial charge in [-0.3, -0.25) is 4.79 Å². The van der Waals surface area contributed by atoms with Gasteiger partial charge in [-0.15, -0.1) is 0 Å². The Morgan fingerprint density at radius 3 is 2.81 bits per heavy atom. The molecule has 1 aromatic carbocycles. The van der Waals surface area contributed by atoms with Gasteiger partial charge in [-0.25, -0.2) is 4.98 Å². The number of aromatic nitrogens is 1. The molecule has 1 aliphatic carbocycles. The van der Waals surface area contributed by atoms with Crippen LogP contribution in [0.3, 0.4) is 0 Å². The summed E-state index contributed by atoms with van der Waals surface area (Å²) in [5.41, 5.74) is 1.08. The molecule has 0 spiro atoms. The number of para-hydroxylation sites is 1. The lowest BCUT2D eigenvalue weighted by atomic mass is 10.3. The molecule has 4 rings (SSSR count). The number of carbonyl (C=O) groups excluding carboxylic acids is 1. The maximum absolute atomic E-state index is 12.2. The molecule has 4 nitrogen and oxygen atoms in total. The molecule has 2 aromatic rings. The topological polar surface area (TPSA) is 36.4 Å². The van der Waals surface area contributed by atoms with Crippen LogP contribution in [-0.4, -0.2) is 42.0 Å². The first-order chi connectivity index (χ1) is 10.3. The van der Waals surface area contributed by atoms with Crippen LogP contribution in [0.25, 0.3) is 10.2 Å². The van der Waals surface area contributed by atoms with Crippen molar-refractivity contribution in [2.75, 3.05) is 31.1 Å². The molecule has 2 aliphatic rings. The molecule has 0 N–H and O–H groups in total. The second kappa shape index (κ2) is 5.30. The van der Waals surface area contributed by atoms with Gasteiger partial charge in [-0.2, -0.15) is 0 Å². The molecule has 0 bridgehead atoms. The zero-order chi connectivity index (χ0) is 14.2. The standard InChI is InChI=1S/C16H19N3OS/c20-15(12-6-7-12)18-8-3-9-19(11-10-18)16-17-13-4-1-2-5-14(13)21-16/h1-2,4-5,12H,3,6-11H2. The third-order valence-electron chi connectivity index (χ3n) is 4.29. The van der Waals surface area contributed by atoms with E-state index in [0.717, 1.165) is 56.1 Å². The van der Waals surface area contributed by atoms with Crippen LogP contribution in [0.4, 0.5) is 5.13 Å². The summed E-state index contributed by atoms with van der Waals surface area (Å²) in [6.07, 6.45) is 3.22. The maximum atomic E-state index is 12.2. The van der Waals surface area contributed by atoms with E-state index in [9.17, 15) is 4.79 Å². The molecular formula is C16H19N3OS. The fourth-order valence-electron chi connectivity index (χ4n) is 2.91. The van der Waals surface area contributed by atoms with Crippen molar-refractivity contribution < 1.29 is 4.79 Å². The van der Waals surface area contributed by atoms with Crippen LogP contribution in [0, 0.1) is 5.92 Å². The fourth-order valence-corrected chi connectivity index (χ4v) is 3.93. The fraction of sp³-hybridized carbons (Fsp3) is 0.500. The first-order valence-electron chi connectivity index (χ1n) is 7.70. The maximum Gasteiger partial charge on any atom is 0.225 e. The number of hydrogen-bond acceptors (Lipinski definition) is 4. The molecule has 2 fully saturated rings. The zero-order valence-electron chi connectivity index (χ0n) is 12.0. The van der Waals surface area contributed by atoms with E-state index < -0.39 is 0 Å². The van der Waals surface area contributed by atoms with E-state index in [1.165, 1.54) is 4.70 Å². The average molecular weight is 301 g/mol. The van der Waals surface area contributed by atoms with E-state index in [4.69, 9.17) is 4.98 Å². The van der Waals surface area contributed by atoms with Crippen molar-refractivity contribution in [3.8, 4) is 0 Å². The summed E-state index contributed by atoms with van der Waals surface area (Å²) in [7, 11) is 0. The molecule has 5 heteroatoms. The molecule has 1 saturated carbocycles. The number of nitrogens with zero attached hydrogens (tertiary/aromatic N) is 3. The molecule has 1 aromatic heterocycles. The third kappa shape index (κ3) is 2.62. The monoisotopic (exact) mass is 301 g/mol. The van der Waals surface area contributed by atoms with E-state index in [-0.39, 0.29) is 0 Å².